The van der Waals surface area contributed by atoms with Crippen molar-refractivity contribution in [1.29, 1.82) is 0 Å². The molecule has 1 atom stereocenters. The highest BCUT2D eigenvalue weighted by molar-refractivity contribution is 5.91. The van der Waals surface area contributed by atoms with E-state index >= 15 is 0 Å². The van der Waals surface area contributed by atoms with Crippen LogP contribution in [0.15, 0.2) is 42.2 Å². The first kappa shape index (κ1) is 11.9. The second-order valence-corrected chi connectivity index (χ2v) is 4.08. The molecular formula is C14H16O3. The van der Waals surface area contributed by atoms with E-state index in [0.717, 1.165) is 5.56 Å². The number of carbonyl (C=O) groups excluding carboxylic acids is 1. The zero-order valence-electron chi connectivity index (χ0n) is 10.1. The van der Waals surface area contributed by atoms with Gasteiger partial charge in [-0.15, -0.1) is 0 Å². The normalized spacial score (nSPS) is 24.4. The molecular weight excluding hydrogens is 216 g/mol. The highest BCUT2D eigenvalue weighted by Gasteiger charge is 2.41. The van der Waals surface area contributed by atoms with Gasteiger partial charge in [-0.1, -0.05) is 30.3 Å². The molecule has 0 amide bonds. The predicted octanol–water partition coefficient (Wildman–Crippen LogP) is 2.42. The average Bonchev–Trinajstić information content (AvgIpc) is 2.40. The van der Waals surface area contributed by atoms with Crippen molar-refractivity contribution >= 4 is 5.78 Å². The summed E-state index contributed by atoms with van der Waals surface area (Å²) in [5.41, 5.74) is 0.396. The number of ketones is 1. The molecule has 1 aromatic carbocycles. The summed E-state index contributed by atoms with van der Waals surface area (Å²) in [6.07, 6.45) is 2.64. The highest BCUT2D eigenvalue weighted by Crippen LogP contribution is 2.40. The molecule has 1 aliphatic rings. The Morgan fingerprint density at radius 2 is 1.88 bits per heavy atom. The van der Waals surface area contributed by atoms with Gasteiger partial charge in [0.25, 0.3) is 0 Å². The first-order valence-corrected chi connectivity index (χ1v) is 5.62. The van der Waals surface area contributed by atoms with Crippen molar-refractivity contribution in [1.82, 2.24) is 0 Å². The number of carbonyl (C=O) groups is 1. The van der Waals surface area contributed by atoms with Crippen LogP contribution in [0.3, 0.4) is 0 Å². The second kappa shape index (κ2) is 4.72. The summed E-state index contributed by atoms with van der Waals surface area (Å²) >= 11 is 0. The number of rotatable bonds is 3. The number of allylic oxidation sites excluding steroid dienone is 1. The van der Waals surface area contributed by atoms with Crippen LogP contribution in [0.25, 0.3) is 0 Å². The van der Waals surface area contributed by atoms with Gasteiger partial charge in [0.15, 0.2) is 5.78 Å². The summed E-state index contributed by atoms with van der Waals surface area (Å²) in [7, 11) is 3.22. The first-order chi connectivity index (χ1) is 8.23. The summed E-state index contributed by atoms with van der Waals surface area (Å²) in [5, 5.41) is 0. The molecule has 0 aliphatic heterocycles. The van der Waals surface area contributed by atoms with Crippen molar-refractivity contribution in [2.75, 3.05) is 14.2 Å². The van der Waals surface area contributed by atoms with Crippen LogP contribution in [-0.2, 0) is 19.9 Å². The van der Waals surface area contributed by atoms with E-state index in [9.17, 15) is 4.79 Å². The van der Waals surface area contributed by atoms with Crippen molar-refractivity contribution in [3.8, 4) is 0 Å². The van der Waals surface area contributed by atoms with Gasteiger partial charge < -0.3 is 9.47 Å². The molecule has 0 fully saturated rings. The fraction of sp³-hybridized carbons (Fsp3) is 0.357. The Labute approximate surface area is 101 Å². The predicted molar refractivity (Wildman–Crippen MR) is 64.5 cm³/mol. The van der Waals surface area contributed by atoms with Gasteiger partial charge in [-0.2, -0.15) is 0 Å². The third-order valence-corrected chi connectivity index (χ3v) is 3.22. The Bertz CT molecular complexity index is 436. The molecule has 2 rings (SSSR count). The van der Waals surface area contributed by atoms with E-state index in [0.29, 0.717) is 18.6 Å². The fourth-order valence-corrected chi connectivity index (χ4v) is 2.30. The maximum absolute atomic E-state index is 11.5. The Morgan fingerprint density at radius 1 is 1.18 bits per heavy atom. The van der Waals surface area contributed by atoms with Crippen molar-refractivity contribution in [2.45, 2.75) is 18.4 Å². The number of benzene rings is 1. The third-order valence-electron chi connectivity index (χ3n) is 3.22. The van der Waals surface area contributed by atoms with Crippen LogP contribution in [0.2, 0.25) is 0 Å². The lowest BCUT2D eigenvalue weighted by atomic mass is 9.82. The van der Waals surface area contributed by atoms with Crippen molar-refractivity contribution in [2.24, 2.45) is 0 Å². The smallest absolute Gasteiger partial charge is 0.159 e. The molecule has 1 unspecified atom stereocenters. The second-order valence-electron chi connectivity index (χ2n) is 4.08. The van der Waals surface area contributed by atoms with Crippen LogP contribution in [-0.4, -0.2) is 20.0 Å². The average molecular weight is 232 g/mol. The molecule has 0 radical (unpaired) electrons. The molecule has 1 aromatic rings. The van der Waals surface area contributed by atoms with Gasteiger partial charge in [0.1, 0.15) is 11.4 Å². The van der Waals surface area contributed by atoms with Crippen LogP contribution < -0.4 is 0 Å². The number of hydrogen-bond acceptors (Lipinski definition) is 3. The van der Waals surface area contributed by atoms with Crippen LogP contribution in [0.1, 0.15) is 18.4 Å². The molecule has 0 N–H and O–H groups in total. The van der Waals surface area contributed by atoms with Crippen LogP contribution in [0.5, 0.6) is 0 Å². The van der Waals surface area contributed by atoms with Gasteiger partial charge in [-0.25, -0.2) is 0 Å². The lowest BCUT2D eigenvalue weighted by Crippen LogP contribution is -2.35. The van der Waals surface area contributed by atoms with Gasteiger partial charge in [0, 0.05) is 19.6 Å². The van der Waals surface area contributed by atoms with Crippen LogP contribution >= 0.6 is 0 Å². The Morgan fingerprint density at radius 3 is 2.47 bits per heavy atom. The quantitative estimate of drug-likeness (QED) is 0.802. The van der Waals surface area contributed by atoms with Crippen LogP contribution in [0.4, 0.5) is 0 Å². The molecule has 0 saturated heterocycles. The maximum atomic E-state index is 11.5. The van der Waals surface area contributed by atoms with Crippen molar-refractivity contribution < 1.29 is 14.3 Å². The van der Waals surface area contributed by atoms with Gasteiger partial charge in [-0.05, 0) is 12.0 Å². The zero-order valence-corrected chi connectivity index (χ0v) is 10.1. The van der Waals surface area contributed by atoms with Crippen molar-refractivity contribution in [3.63, 3.8) is 0 Å². The summed E-state index contributed by atoms with van der Waals surface area (Å²) in [6, 6.07) is 9.86. The van der Waals surface area contributed by atoms with Gasteiger partial charge in [0.2, 0.25) is 0 Å². The standard InChI is InChI=1S/C14H16O3/c1-16-13-10-12(15)8-9-14(13,17-2)11-6-4-3-5-7-11/h3-7,10H,8-9H2,1-2H3. The molecule has 3 nitrogen and oxygen atoms in total. The van der Waals surface area contributed by atoms with E-state index in [1.165, 1.54) is 0 Å². The molecule has 0 spiro atoms. The highest BCUT2D eigenvalue weighted by atomic mass is 16.5. The summed E-state index contributed by atoms with van der Waals surface area (Å²) in [4.78, 5) is 11.5. The summed E-state index contributed by atoms with van der Waals surface area (Å²) in [5.74, 6) is 0.674. The van der Waals surface area contributed by atoms with E-state index in [1.807, 2.05) is 30.3 Å². The zero-order chi connectivity index (χ0) is 12.3. The third kappa shape index (κ3) is 1.98. The molecule has 0 bridgehead atoms. The number of ether oxygens (including phenoxy) is 2. The molecule has 90 valence electrons. The molecule has 3 heteroatoms. The minimum atomic E-state index is -0.621. The van der Waals surface area contributed by atoms with Crippen molar-refractivity contribution in [3.05, 3.63) is 47.7 Å². The van der Waals surface area contributed by atoms with E-state index in [-0.39, 0.29) is 5.78 Å². The van der Waals surface area contributed by atoms with E-state index in [1.54, 1.807) is 20.3 Å². The van der Waals surface area contributed by atoms with Gasteiger partial charge in [0.05, 0.1) is 7.11 Å². The summed E-state index contributed by atoms with van der Waals surface area (Å²) < 4.78 is 11.0. The lowest BCUT2D eigenvalue weighted by Gasteiger charge is -2.36. The minimum Gasteiger partial charge on any atom is -0.498 e. The largest absolute Gasteiger partial charge is 0.498 e. The lowest BCUT2D eigenvalue weighted by molar-refractivity contribution is -0.119. The Hall–Kier alpha value is -1.61. The SMILES string of the molecule is COC1=CC(=O)CCC1(OC)c1ccccc1. The topological polar surface area (TPSA) is 35.5 Å². The first-order valence-electron chi connectivity index (χ1n) is 5.62. The van der Waals surface area contributed by atoms with E-state index in [4.69, 9.17) is 9.47 Å². The minimum absolute atomic E-state index is 0.0884. The van der Waals surface area contributed by atoms with Crippen LogP contribution in [0, 0.1) is 0 Å². The van der Waals surface area contributed by atoms with Gasteiger partial charge in [-0.3, -0.25) is 4.79 Å². The molecule has 0 saturated carbocycles. The fourth-order valence-electron chi connectivity index (χ4n) is 2.30. The number of hydrogen-bond donors (Lipinski definition) is 0. The van der Waals surface area contributed by atoms with E-state index in [2.05, 4.69) is 0 Å². The molecule has 1 aliphatic carbocycles. The Balaban J connectivity index is 2.51. The number of methoxy groups -OCH3 is 2. The van der Waals surface area contributed by atoms with E-state index < -0.39 is 5.60 Å². The molecule has 0 aromatic heterocycles. The Kier molecular flexibility index (Phi) is 3.29. The van der Waals surface area contributed by atoms with Gasteiger partial charge >= 0.3 is 0 Å². The monoisotopic (exact) mass is 232 g/mol. The maximum Gasteiger partial charge on any atom is 0.159 e. The summed E-state index contributed by atoms with van der Waals surface area (Å²) in [6.45, 7) is 0. The molecule has 0 heterocycles. The molecule has 17 heavy (non-hydrogen) atoms.